The van der Waals surface area contributed by atoms with E-state index in [-0.39, 0.29) is 12.5 Å². The number of hydrogen-bond donors (Lipinski definition) is 1. The second-order valence-corrected chi connectivity index (χ2v) is 5.70. The first-order valence-electron chi connectivity index (χ1n) is 6.93. The van der Waals surface area contributed by atoms with E-state index >= 15 is 0 Å². The van der Waals surface area contributed by atoms with Crippen molar-refractivity contribution in [3.05, 3.63) is 52.2 Å². The van der Waals surface area contributed by atoms with Crippen LogP contribution in [0.5, 0.6) is 5.75 Å². The highest BCUT2D eigenvalue weighted by atomic mass is 32.1. The van der Waals surface area contributed by atoms with Crippen molar-refractivity contribution in [2.75, 3.05) is 13.2 Å². The van der Waals surface area contributed by atoms with E-state index in [0.717, 1.165) is 4.88 Å². The van der Waals surface area contributed by atoms with Gasteiger partial charge in [-0.25, -0.2) is 0 Å². The maximum absolute atomic E-state index is 12.2. The average Bonchev–Trinajstić information content (AvgIpc) is 3.03. The van der Waals surface area contributed by atoms with Gasteiger partial charge in [0.2, 0.25) is 5.91 Å². The Morgan fingerprint density at radius 1 is 1.23 bits per heavy atom. The Balaban J connectivity index is 1.89. The fraction of sp³-hybridized carbons (Fsp3) is 0.250. The molecule has 22 heavy (non-hydrogen) atoms. The molecule has 0 aliphatic rings. The van der Waals surface area contributed by atoms with Crippen LogP contribution in [-0.2, 0) is 11.3 Å². The van der Waals surface area contributed by atoms with Gasteiger partial charge in [-0.05, 0) is 42.6 Å². The molecule has 2 rings (SSSR count). The fourth-order valence-corrected chi connectivity index (χ4v) is 2.64. The number of carbonyl (C=O) groups is 2. The quantitative estimate of drug-likeness (QED) is 0.851. The molecule has 5 nitrogen and oxygen atoms in total. The first-order valence-corrected chi connectivity index (χ1v) is 7.81. The molecule has 0 spiro atoms. The van der Waals surface area contributed by atoms with Crippen molar-refractivity contribution >= 4 is 23.2 Å². The Morgan fingerprint density at radius 3 is 2.50 bits per heavy atom. The van der Waals surface area contributed by atoms with Crippen LogP contribution in [0.3, 0.4) is 0 Å². The number of likely N-dealkylation sites (N-methyl/N-ethyl adjacent to an activating group) is 1. The van der Waals surface area contributed by atoms with E-state index in [4.69, 9.17) is 10.5 Å². The molecule has 0 aliphatic heterocycles. The Bertz CT molecular complexity index is 623. The smallest absolute Gasteiger partial charge is 0.260 e. The maximum atomic E-state index is 12.2. The predicted molar refractivity (Wildman–Crippen MR) is 85.9 cm³/mol. The zero-order chi connectivity index (χ0) is 15.9. The van der Waals surface area contributed by atoms with Gasteiger partial charge in [0, 0.05) is 17.0 Å². The number of nitrogens with zero attached hydrogens (tertiary/aromatic N) is 1. The number of primary amides is 1. The van der Waals surface area contributed by atoms with Crippen molar-refractivity contribution in [2.45, 2.75) is 13.5 Å². The normalized spacial score (nSPS) is 10.2. The van der Waals surface area contributed by atoms with Crippen molar-refractivity contribution in [1.82, 2.24) is 4.90 Å². The Hall–Kier alpha value is -2.34. The molecule has 116 valence electrons. The van der Waals surface area contributed by atoms with Gasteiger partial charge in [-0.1, -0.05) is 6.07 Å². The van der Waals surface area contributed by atoms with Crippen LogP contribution in [0.15, 0.2) is 41.8 Å². The molecular formula is C16H18N2O3S. The van der Waals surface area contributed by atoms with Gasteiger partial charge >= 0.3 is 0 Å². The molecule has 2 N–H and O–H groups in total. The van der Waals surface area contributed by atoms with Crippen LogP contribution in [0.1, 0.15) is 22.2 Å². The lowest BCUT2D eigenvalue weighted by Gasteiger charge is -2.20. The van der Waals surface area contributed by atoms with Gasteiger partial charge in [0.05, 0.1) is 6.54 Å². The molecule has 0 saturated heterocycles. The van der Waals surface area contributed by atoms with Crippen LogP contribution in [0.4, 0.5) is 0 Å². The van der Waals surface area contributed by atoms with Crippen LogP contribution in [0.2, 0.25) is 0 Å². The lowest BCUT2D eigenvalue weighted by Crippen LogP contribution is -2.34. The molecule has 0 aliphatic carbocycles. The van der Waals surface area contributed by atoms with Gasteiger partial charge in [0.1, 0.15) is 5.75 Å². The summed E-state index contributed by atoms with van der Waals surface area (Å²) in [7, 11) is 0. The molecule has 2 aromatic rings. The number of thiophene rings is 1. The van der Waals surface area contributed by atoms with Gasteiger partial charge < -0.3 is 15.4 Å². The first-order chi connectivity index (χ1) is 10.6. The summed E-state index contributed by atoms with van der Waals surface area (Å²) in [5.74, 6) is -0.0314. The number of benzene rings is 1. The lowest BCUT2D eigenvalue weighted by atomic mass is 10.2. The summed E-state index contributed by atoms with van der Waals surface area (Å²) >= 11 is 1.62. The third-order valence-corrected chi connectivity index (χ3v) is 4.02. The van der Waals surface area contributed by atoms with E-state index < -0.39 is 5.91 Å². The Kier molecular flexibility index (Phi) is 5.55. The molecule has 2 amide bonds. The molecule has 1 aromatic heterocycles. The standard InChI is InChI=1S/C16H18N2O3S/c1-2-18(10-14-4-3-9-22-14)15(19)11-21-13-7-5-12(6-8-13)16(17)20/h3-9H,2,10-11H2,1H3,(H2,17,20). The van der Waals surface area contributed by atoms with Gasteiger partial charge in [-0.15, -0.1) is 11.3 Å². The SMILES string of the molecule is CCN(Cc1cccs1)C(=O)COc1ccc(C(N)=O)cc1. The highest BCUT2D eigenvalue weighted by Crippen LogP contribution is 2.14. The molecule has 0 atom stereocenters. The zero-order valence-corrected chi connectivity index (χ0v) is 13.1. The zero-order valence-electron chi connectivity index (χ0n) is 12.3. The van der Waals surface area contributed by atoms with Crippen molar-refractivity contribution in [3.63, 3.8) is 0 Å². The predicted octanol–water partition coefficient (Wildman–Crippen LogP) is 2.27. The minimum absolute atomic E-state index is 0.0326. The van der Waals surface area contributed by atoms with E-state index in [1.54, 1.807) is 40.5 Å². The molecule has 0 saturated carbocycles. The number of nitrogens with two attached hydrogens (primary N) is 1. The summed E-state index contributed by atoms with van der Waals surface area (Å²) in [4.78, 5) is 26.0. The second-order valence-electron chi connectivity index (χ2n) is 4.66. The molecular weight excluding hydrogens is 300 g/mol. The molecule has 6 heteroatoms. The Labute approximate surface area is 133 Å². The summed E-state index contributed by atoms with van der Waals surface area (Å²) in [6.07, 6.45) is 0. The van der Waals surface area contributed by atoms with E-state index in [9.17, 15) is 9.59 Å². The monoisotopic (exact) mass is 318 g/mol. The molecule has 0 fully saturated rings. The topological polar surface area (TPSA) is 72.6 Å². The number of rotatable bonds is 7. The maximum Gasteiger partial charge on any atom is 0.260 e. The number of carbonyl (C=O) groups excluding carboxylic acids is 2. The number of amides is 2. The van der Waals surface area contributed by atoms with E-state index in [0.29, 0.717) is 24.4 Å². The summed E-state index contributed by atoms with van der Waals surface area (Å²) in [5.41, 5.74) is 5.58. The third kappa shape index (κ3) is 4.33. The largest absolute Gasteiger partial charge is 0.484 e. The van der Waals surface area contributed by atoms with E-state index in [2.05, 4.69) is 0 Å². The van der Waals surface area contributed by atoms with Gasteiger partial charge in [-0.3, -0.25) is 9.59 Å². The van der Waals surface area contributed by atoms with Crippen LogP contribution in [0, 0.1) is 0 Å². The van der Waals surface area contributed by atoms with Crippen molar-refractivity contribution < 1.29 is 14.3 Å². The summed E-state index contributed by atoms with van der Waals surface area (Å²) in [6, 6.07) is 10.4. The minimum Gasteiger partial charge on any atom is -0.484 e. The van der Waals surface area contributed by atoms with Crippen LogP contribution in [0.25, 0.3) is 0 Å². The lowest BCUT2D eigenvalue weighted by molar-refractivity contribution is -0.133. The number of ether oxygens (including phenoxy) is 1. The summed E-state index contributed by atoms with van der Waals surface area (Å²) < 4.78 is 5.46. The molecule has 0 bridgehead atoms. The molecule has 0 unspecified atom stereocenters. The second kappa shape index (κ2) is 7.61. The van der Waals surface area contributed by atoms with Crippen LogP contribution >= 0.6 is 11.3 Å². The fourth-order valence-electron chi connectivity index (χ4n) is 1.92. The average molecular weight is 318 g/mol. The van der Waals surface area contributed by atoms with Crippen molar-refractivity contribution in [1.29, 1.82) is 0 Å². The number of hydrogen-bond acceptors (Lipinski definition) is 4. The van der Waals surface area contributed by atoms with Crippen LogP contribution in [-0.4, -0.2) is 29.9 Å². The third-order valence-electron chi connectivity index (χ3n) is 3.16. The minimum atomic E-state index is -0.490. The van der Waals surface area contributed by atoms with Crippen LogP contribution < -0.4 is 10.5 Å². The highest BCUT2D eigenvalue weighted by molar-refractivity contribution is 7.09. The van der Waals surface area contributed by atoms with Crippen molar-refractivity contribution in [3.8, 4) is 5.75 Å². The first kappa shape index (κ1) is 16.0. The summed E-state index contributed by atoms with van der Waals surface area (Å²) in [6.45, 7) is 3.12. The highest BCUT2D eigenvalue weighted by Gasteiger charge is 2.13. The van der Waals surface area contributed by atoms with E-state index in [1.807, 2.05) is 24.4 Å². The van der Waals surface area contributed by atoms with Gasteiger partial charge in [0.15, 0.2) is 6.61 Å². The van der Waals surface area contributed by atoms with Gasteiger partial charge in [0.25, 0.3) is 5.91 Å². The molecule has 1 heterocycles. The Morgan fingerprint density at radius 2 is 1.95 bits per heavy atom. The molecule has 1 aromatic carbocycles. The van der Waals surface area contributed by atoms with E-state index in [1.165, 1.54) is 0 Å². The molecule has 0 radical (unpaired) electrons. The van der Waals surface area contributed by atoms with Crippen molar-refractivity contribution in [2.24, 2.45) is 5.73 Å². The van der Waals surface area contributed by atoms with Gasteiger partial charge in [-0.2, -0.15) is 0 Å². The summed E-state index contributed by atoms with van der Waals surface area (Å²) in [5, 5.41) is 1.99.